The van der Waals surface area contributed by atoms with Crippen LogP contribution in [0.3, 0.4) is 0 Å². The standard InChI is InChI=1S/C9H17N3O/c1-6(10)9(13)12-4-7-2-11-3-8(7)5-12/h6-8,11H,2-5,10H2,1H3/t6-,7-,8+/m1/s1. The molecule has 4 nitrogen and oxygen atoms in total. The average molecular weight is 183 g/mol. The summed E-state index contributed by atoms with van der Waals surface area (Å²) in [6.07, 6.45) is 0. The zero-order valence-corrected chi connectivity index (χ0v) is 7.99. The second kappa shape index (κ2) is 3.27. The Hall–Kier alpha value is -0.610. The van der Waals surface area contributed by atoms with Gasteiger partial charge in [0.15, 0.2) is 0 Å². The first-order chi connectivity index (χ1) is 6.18. The second-order valence-corrected chi connectivity index (χ2v) is 4.21. The Bertz CT molecular complexity index is 205. The topological polar surface area (TPSA) is 58.4 Å². The fourth-order valence-corrected chi connectivity index (χ4v) is 2.32. The van der Waals surface area contributed by atoms with E-state index in [1.807, 2.05) is 4.90 Å². The minimum Gasteiger partial charge on any atom is -0.341 e. The highest BCUT2D eigenvalue weighted by atomic mass is 16.2. The van der Waals surface area contributed by atoms with E-state index in [2.05, 4.69) is 5.32 Å². The third-order valence-corrected chi connectivity index (χ3v) is 3.09. The van der Waals surface area contributed by atoms with Crippen LogP contribution in [0.5, 0.6) is 0 Å². The third-order valence-electron chi connectivity index (χ3n) is 3.09. The largest absolute Gasteiger partial charge is 0.341 e. The summed E-state index contributed by atoms with van der Waals surface area (Å²) in [6.45, 7) is 5.69. The Labute approximate surface area is 78.5 Å². The molecule has 0 spiro atoms. The highest BCUT2D eigenvalue weighted by molar-refractivity contribution is 5.81. The molecule has 2 saturated heterocycles. The summed E-state index contributed by atoms with van der Waals surface area (Å²) < 4.78 is 0. The van der Waals surface area contributed by atoms with Crippen molar-refractivity contribution in [3.8, 4) is 0 Å². The molecular weight excluding hydrogens is 166 g/mol. The number of fused-ring (bicyclic) bond motifs is 1. The Morgan fingerprint density at radius 3 is 2.46 bits per heavy atom. The van der Waals surface area contributed by atoms with Crippen molar-refractivity contribution >= 4 is 5.91 Å². The maximum atomic E-state index is 11.6. The molecule has 0 bridgehead atoms. The number of carbonyl (C=O) groups excluding carboxylic acids is 1. The Balaban J connectivity index is 1.95. The van der Waals surface area contributed by atoms with E-state index in [0.29, 0.717) is 11.8 Å². The maximum Gasteiger partial charge on any atom is 0.239 e. The predicted molar refractivity (Wildman–Crippen MR) is 50.1 cm³/mol. The third kappa shape index (κ3) is 1.56. The lowest BCUT2D eigenvalue weighted by atomic mass is 10.0. The first-order valence-corrected chi connectivity index (χ1v) is 4.93. The summed E-state index contributed by atoms with van der Waals surface area (Å²) in [5.41, 5.74) is 5.56. The molecule has 3 atom stereocenters. The van der Waals surface area contributed by atoms with Gasteiger partial charge >= 0.3 is 0 Å². The van der Waals surface area contributed by atoms with Crippen molar-refractivity contribution in [1.29, 1.82) is 0 Å². The van der Waals surface area contributed by atoms with Crippen LogP contribution in [0.15, 0.2) is 0 Å². The van der Waals surface area contributed by atoms with E-state index in [-0.39, 0.29) is 11.9 Å². The van der Waals surface area contributed by atoms with Gasteiger partial charge in [-0.25, -0.2) is 0 Å². The highest BCUT2D eigenvalue weighted by Crippen LogP contribution is 2.26. The summed E-state index contributed by atoms with van der Waals surface area (Å²) in [6, 6.07) is -0.341. The normalized spacial score (nSPS) is 34.8. The van der Waals surface area contributed by atoms with Gasteiger partial charge in [0.1, 0.15) is 0 Å². The molecule has 0 aliphatic carbocycles. The van der Waals surface area contributed by atoms with Gasteiger partial charge in [-0.05, 0) is 18.8 Å². The van der Waals surface area contributed by atoms with Crippen LogP contribution in [-0.4, -0.2) is 43.0 Å². The van der Waals surface area contributed by atoms with Crippen molar-refractivity contribution in [3.05, 3.63) is 0 Å². The Morgan fingerprint density at radius 1 is 1.46 bits per heavy atom. The zero-order valence-electron chi connectivity index (χ0n) is 7.99. The van der Waals surface area contributed by atoms with Crippen LogP contribution in [0.2, 0.25) is 0 Å². The molecule has 0 saturated carbocycles. The lowest BCUT2D eigenvalue weighted by molar-refractivity contribution is -0.131. The van der Waals surface area contributed by atoms with Crippen LogP contribution in [0.25, 0.3) is 0 Å². The van der Waals surface area contributed by atoms with E-state index in [9.17, 15) is 4.79 Å². The molecule has 2 rings (SSSR count). The summed E-state index contributed by atoms with van der Waals surface area (Å²) >= 11 is 0. The van der Waals surface area contributed by atoms with Gasteiger partial charge in [0, 0.05) is 26.2 Å². The van der Waals surface area contributed by atoms with Crippen molar-refractivity contribution in [2.24, 2.45) is 17.6 Å². The van der Waals surface area contributed by atoms with Crippen molar-refractivity contribution in [3.63, 3.8) is 0 Å². The van der Waals surface area contributed by atoms with Crippen LogP contribution in [0.4, 0.5) is 0 Å². The zero-order chi connectivity index (χ0) is 9.42. The molecule has 2 heterocycles. The molecule has 4 heteroatoms. The molecule has 13 heavy (non-hydrogen) atoms. The predicted octanol–water partition coefficient (Wildman–Crippen LogP) is -0.989. The second-order valence-electron chi connectivity index (χ2n) is 4.21. The van der Waals surface area contributed by atoms with Crippen LogP contribution < -0.4 is 11.1 Å². The van der Waals surface area contributed by atoms with E-state index >= 15 is 0 Å². The quantitative estimate of drug-likeness (QED) is 0.549. The van der Waals surface area contributed by atoms with Gasteiger partial charge < -0.3 is 16.0 Å². The summed E-state index contributed by atoms with van der Waals surface area (Å²) in [5, 5.41) is 3.34. The van der Waals surface area contributed by atoms with E-state index in [1.165, 1.54) is 0 Å². The van der Waals surface area contributed by atoms with Gasteiger partial charge in [-0.15, -0.1) is 0 Å². The molecule has 74 valence electrons. The number of nitrogens with zero attached hydrogens (tertiary/aromatic N) is 1. The lowest BCUT2D eigenvalue weighted by Gasteiger charge is -2.19. The molecule has 0 radical (unpaired) electrons. The van der Waals surface area contributed by atoms with E-state index in [0.717, 1.165) is 26.2 Å². The van der Waals surface area contributed by atoms with Gasteiger partial charge in [0.2, 0.25) is 5.91 Å². The van der Waals surface area contributed by atoms with Crippen molar-refractivity contribution in [2.75, 3.05) is 26.2 Å². The number of carbonyl (C=O) groups is 1. The highest BCUT2D eigenvalue weighted by Gasteiger charge is 2.38. The van der Waals surface area contributed by atoms with Crippen molar-refractivity contribution in [2.45, 2.75) is 13.0 Å². The molecular formula is C9H17N3O. The number of hydrogen-bond donors (Lipinski definition) is 2. The fraction of sp³-hybridized carbons (Fsp3) is 0.889. The number of nitrogens with one attached hydrogen (secondary N) is 1. The molecule has 2 aliphatic rings. The number of amides is 1. The van der Waals surface area contributed by atoms with E-state index in [4.69, 9.17) is 5.73 Å². The summed E-state index contributed by atoms with van der Waals surface area (Å²) in [7, 11) is 0. The number of likely N-dealkylation sites (tertiary alicyclic amines) is 1. The SMILES string of the molecule is C[C@@H](N)C(=O)N1C[C@H]2CNC[C@H]2C1. The van der Waals surface area contributed by atoms with E-state index in [1.54, 1.807) is 6.92 Å². The fourth-order valence-electron chi connectivity index (χ4n) is 2.32. The first-order valence-electron chi connectivity index (χ1n) is 4.93. The minimum atomic E-state index is -0.341. The van der Waals surface area contributed by atoms with Crippen LogP contribution in [0, 0.1) is 11.8 Å². The van der Waals surface area contributed by atoms with Crippen LogP contribution >= 0.6 is 0 Å². The summed E-state index contributed by atoms with van der Waals surface area (Å²) in [4.78, 5) is 13.5. The minimum absolute atomic E-state index is 0.106. The Kier molecular flexibility index (Phi) is 2.26. The molecule has 3 N–H and O–H groups in total. The van der Waals surface area contributed by atoms with Crippen LogP contribution in [0.1, 0.15) is 6.92 Å². The van der Waals surface area contributed by atoms with Gasteiger partial charge in [-0.1, -0.05) is 0 Å². The van der Waals surface area contributed by atoms with Gasteiger partial charge in [0.05, 0.1) is 6.04 Å². The monoisotopic (exact) mass is 183 g/mol. The number of hydrogen-bond acceptors (Lipinski definition) is 3. The average Bonchev–Trinajstić information content (AvgIpc) is 2.59. The maximum absolute atomic E-state index is 11.6. The number of rotatable bonds is 1. The molecule has 0 aromatic carbocycles. The molecule has 0 aromatic heterocycles. The molecule has 2 aliphatic heterocycles. The molecule has 1 amide bonds. The van der Waals surface area contributed by atoms with Crippen molar-refractivity contribution in [1.82, 2.24) is 10.2 Å². The smallest absolute Gasteiger partial charge is 0.239 e. The van der Waals surface area contributed by atoms with E-state index < -0.39 is 0 Å². The molecule has 2 fully saturated rings. The molecule has 0 aromatic rings. The lowest BCUT2D eigenvalue weighted by Crippen LogP contribution is -2.41. The Morgan fingerprint density at radius 2 is 2.00 bits per heavy atom. The van der Waals surface area contributed by atoms with Gasteiger partial charge in [0.25, 0.3) is 0 Å². The molecule has 0 unspecified atom stereocenters. The van der Waals surface area contributed by atoms with Gasteiger partial charge in [-0.2, -0.15) is 0 Å². The van der Waals surface area contributed by atoms with Crippen LogP contribution in [-0.2, 0) is 4.79 Å². The first kappa shape index (κ1) is 8.97. The van der Waals surface area contributed by atoms with Gasteiger partial charge in [-0.3, -0.25) is 4.79 Å². The summed E-state index contributed by atoms with van der Waals surface area (Å²) in [5.74, 6) is 1.44. The number of nitrogens with two attached hydrogens (primary N) is 1. The van der Waals surface area contributed by atoms with Crippen molar-refractivity contribution < 1.29 is 4.79 Å².